The van der Waals surface area contributed by atoms with Crippen LogP contribution in [0.15, 0.2) is 12.7 Å². The smallest absolute Gasteiger partial charge is 0.188 e. The minimum absolute atomic E-state index is 0.150. The molecule has 1 heterocycles. The van der Waals surface area contributed by atoms with E-state index in [-0.39, 0.29) is 11.7 Å². The maximum atomic E-state index is 6.66. The van der Waals surface area contributed by atoms with Crippen molar-refractivity contribution in [2.24, 2.45) is 28.6 Å². The van der Waals surface area contributed by atoms with Crippen LogP contribution in [-0.4, -0.2) is 17.5 Å². The van der Waals surface area contributed by atoms with Crippen molar-refractivity contribution in [3.63, 3.8) is 0 Å². The maximum absolute atomic E-state index is 6.66. The summed E-state index contributed by atoms with van der Waals surface area (Å²) in [4.78, 5) is 0. The van der Waals surface area contributed by atoms with E-state index in [0.29, 0.717) is 16.7 Å². The van der Waals surface area contributed by atoms with E-state index in [4.69, 9.17) is 9.47 Å². The highest BCUT2D eigenvalue weighted by atomic mass is 16.8. The fourth-order valence-electron chi connectivity index (χ4n) is 7.14. The zero-order valence-corrected chi connectivity index (χ0v) is 14.9. The van der Waals surface area contributed by atoms with Crippen LogP contribution in [0.5, 0.6) is 0 Å². The van der Waals surface area contributed by atoms with Gasteiger partial charge in [0.2, 0.25) is 0 Å². The first-order valence-corrected chi connectivity index (χ1v) is 9.26. The number of fused-ring (bicyclic) bond motifs is 3. The molecule has 4 rings (SSSR count). The van der Waals surface area contributed by atoms with Gasteiger partial charge in [0.05, 0.1) is 11.7 Å². The lowest BCUT2D eigenvalue weighted by Gasteiger charge is -2.47. The molecule has 2 bridgehead atoms. The predicted molar refractivity (Wildman–Crippen MR) is 88.4 cm³/mol. The highest BCUT2D eigenvalue weighted by Crippen LogP contribution is 2.75. The van der Waals surface area contributed by atoms with Crippen LogP contribution in [0.3, 0.4) is 0 Å². The van der Waals surface area contributed by atoms with Crippen molar-refractivity contribution in [3.8, 4) is 0 Å². The van der Waals surface area contributed by atoms with Gasteiger partial charge >= 0.3 is 0 Å². The van der Waals surface area contributed by atoms with Crippen molar-refractivity contribution in [1.29, 1.82) is 0 Å². The third-order valence-corrected chi connectivity index (χ3v) is 8.38. The van der Waals surface area contributed by atoms with Gasteiger partial charge in [-0.25, -0.2) is 0 Å². The Morgan fingerprint density at radius 3 is 2.50 bits per heavy atom. The van der Waals surface area contributed by atoms with Gasteiger partial charge in [0, 0.05) is 6.42 Å². The maximum Gasteiger partial charge on any atom is 0.188 e. The molecule has 1 spiro atoms. The Bertz CT molecular complexity index is 512. The summed E-state index contributed by atoms with van der Waals surface area (Å²) in [5, 5.41) is 0. The lowest BCUT2D eigenvalue weighted by molar-refractivity contribution is -0.170. The fraction of sp³-hybridized carbons (Fsp3) is 0.900. The van der Waals surface area contributed by atoms with Crippen LogP contribution in [0.4, 0.5) is 0 Å². The summed E-state index contributed by atoms with van der Waals surface area (Å²) in [7, 11) is 0. The summed E-state index contributed by atoms with van der Waals surface area (Å²) in [5.74, 6) is 1.71. The van der Waals surface area contributed by atoms with Gasteiger partial charge in [0.25, 0.3) is 0 Å². The second-order valence-corrected chi connectivity index (χ2v) is 9.31. The molecule has 2 nitrogen and oxygen atoms in total. The second kappa shape index (κ2) is 4.19. The minimum Gasteiger partial charge on any atom is -0.340 e. The van der Waals surface area contributed by atoms with E-state index in [1.165, 1.54) is 25.7 Å². The summed E-state index contributed by atoms with van der Waals surface area (Å²) in [6.45, 7) is 16.0. The molecular formula is C20H32O2. The summed E-state index contributed by atoms with van der Waals surface area (Å²) in [6, 6.07) is 0. The van der Waals surface area contributed by atoms with Crippen LogP contribution in [-0.2, 0) is 9.47 Å². The van der Waals surface area contributed by atoms with Crippen LogP contribution in [0.2, 0.25) is 0 Å². The van der Waals surface area contributed by atoms with Gasteiger partial charge in [-0.2, -0.15) is 0 Å². The molecule has 3 aliphatic carbocycles. The summed E-state index contributed by atoms with van der Waals surface area (Å²) < 4.78 is 13.2. The normalized spacial score (nSPS) is 58.4. The topological polar surface area (TPSA) is 18.5 Å². The van der Waals surface area contributed by atoms with Gasteiger partial charge in [-0.05, 0) is 67.3 Å². The van der Waals surface area contributed by atoms with E-state index in [2.05, 4.69) is 41.2 Å². The number of rotatable bonds is 2. The Kier molecular flexibility index (Phi) is 2.89. The lowest BCUT2D eigenvalue weighted by Crippen LogP contribution is -2.52. The Balaban J connectivity index is 1.80. The average Bonchev–Trinajstić information content (AvgIpc) is 3.02. The number of hydrogen-bond donors (Lipinski definition) is 0. The van der Waals surface area contributed by atoms with Gasteiger partial charge in [-0.3, -0.25) is 0 Å². The molecule has 4 fully saturated rings. The SMILES string of the molecule is C=CC1(CC)OC2CC34CC(C(C)(C)C3CCC4C)C2(C)O1. The van der Waals surface area contributed by atoms with E-state index in [1.54, 1.807) is 0 Å². The van der Waals surface area contributed by atoms with Crippen molar-refractivity contribution in [3.05, 3.63) is 12.7 Å². The Morgan fingerprint density at radius 2 is 1.86 bits per heavy atom. The van der Waals surface area contributed by atoms with Crippen LogP contribution >= 0.6 is 0 Å². The van der Waals surface area contributed by atoms with Crippen molar-refractivity contribution in [1.82, 2.24) is 0 Å². The monoisotopic (exact) mass is 304 g/mol. The van der Waals surface area contributed by atoms with E-state index in [9.17, 15) is 0 Å². The van der Waals surface area contributed by atoms with Crippen molar-refractivity contribution in [2.75, 3.05) is 0 Å². The molecule has 22 heavy (non-hydrogen) atoms. The second-order valence-electron chi connectivity index (χ2n) is 9.31. The van der Waals surface area contributed by atoms with Gasteiger partial charge in [-0.1, -0.05) is 34.3 Å². The summed E-state index contributed by atoms with van der Waals surface area (Å²) >= 11 is 0. The molecule has 3 saturated carbocycles. The molecule has 0 N–H and O–H groups in total. The fourth-order valence-corrected chi connectivity index (χ4v) is 7.14. The van der Waals surface area contributed by atoms with Gasteiger partial charge < -0.3 is 9.47 Å². The Morgan fingerprint density at radius 1 is 1.14 bits per heavy atom. The molecule has 2 heteroatoms. The zero-order chi connectivity index (χ0) is 16.0. The molecule has 124 valence electrons. The molecule has 0 radical (unpaired) electrons. The summed E-state index contributed by atoms with van der Waals surface area (Å²) in [6.07, 6.45) is 8.28. The van der Waals surface area contributed by atoms with Gasteiger partial charge in [-0.15, -0.1) is 0 Å². The highest BCUT2D eigenvalue weighted by molar-refractivity contribution is 5.22. The van der Waals surface area contributed by atoms with E-state index in [0.717, 1.165) is 18.3 Å². The standard InChI is InChI=1S/C20H32O2/c1-7-20(8-2)21-16-12-19-11-15(18(16,6)22-20)17(4,5)14(19)10-9-13(19)3/h7,13-16H,1,8-12H2,2-6H3. The Hall–Kier alpha value is -0.340. The molecule has 1 aliphatic heterocycles. The number of hydrogen-bond acceptors (Lipinski definition) is 2. The zero-order valence-electron chi connectivity index (χ0n) is 14.9. The summed E-state index contributed by atoms with van der Waals surface area (Å²) in [5.41, 5.74) is 0.693. The van der Waals surface area contributed by atoms with E-state index in [1.807, 2.05) is 6.08 Å². The highest BCUT2D eigenvalue weighted by Gasteiger charge is 2.74. The van der Waals surface area contributed by atoms with Crippen LogP contribution in [0.1, 0.15) is 66.7 Å². The minimum atomic E-state index is -0.562. The van der Waals surface area contributed by atoms with Crippen molar-refractivity contribution < 1.29 is 9.47 Å². The third kappa shape index (κ3) is 1.50. The van der Waals surface area contributed by atoms with Crippen LogP contribution < -0.4 is 0 Å². The Labute approximate surface area is 135 Å². The molecule has 0 aromatic carbocycles. The molecule has 1 saturated heterocycles. The van der Waals surface area contributed by atoms with E-state index < -0.39 is 5.79 Å². The molecule has 0 aromatic heterocycles. The van der Waals surface area contributed by atoms with Crippen LogP contribution in [0.25, 0.3) is 0 Å². The van der Waals surface area contributed by atoms with Gasteiger partial charge in [0.1, 0.15) is 0 Å². The van der Waals surface area contributed by atoms with Crippen molar-refractivity contribution >= 4 is 0 Å². The largest absolute Gasteiger partial charge is 0.340 e. The van der Waals surface area contributed by atoms with E-state index >= 15 is 0 Å². The predicted octanol–water partition coefficient (Wildman–Crippen LogP) is 4.94. The molecular weight excluding hydrogens is 272 g/mol. The van der Waals surface area contributed by atoms with Crippen LogP contribution in [0, 0.1) is 28.6 Å². The molecule has 4 aliphatic rings. The first-order chi connectivity index (χ1) is 10.2. The van der Waals surface area contributed by atoms with Gasteiger partial charge in [0.15, 0.2) is 5.79 Å². The molecule has 7 atom stereocenters. The lowest BCUT2D eigenvalue weighted by atomic mass is 9.63. The number of ether oxygens (including phenoxy) is 2. The third-order valence-electron chi connectivity index (χ3n) is 8.38. The van der Waals surface area contributed by atoms with Crippen molar-refractivity contribution in [2.45, 2.75) is 84.2 Å². The molecule has 7 unspecified atom stereocenters. The average molecular weight is 304 g/mol. The molecule has 0 amide bonds. The molecule has 0 aromatic rings. The first-order valence-electron chi connectivity index (χ1n) is 9.26. The quantitative estimate of drug-likeness (QED) is 0.673. The first kappa shape index (κ1) is 15.2.